The van der Waals surface area contributed by atoms with Crippen molar-refractivity contribution in [3.8, 4) is 0 Å². The molecule has 4 rings (SSSR count). The van der Waals surface area contributed by atoms with Crippen LogP contribution in [0.2, 0.25) is 0 Å². The highest BCUT2D eigenvalue weighted by Gasteiger charge is 2.31. The molecule has 1 amide bonds. The number of rotatable bonds is 5. The molecular formula is C25H36N6O. The highest BCUT2D eigenvalue weighted by Crippen LogP contribution is 2.24. The Morgan fingerprint density at radius 1 is 1.16 bits per heavy atom. The largest absolute Gasteiger partial charge is 0.355 e. The van der Waals surface area contributed by atoms with Gasteiger partial charge in [0, 0.05) is 58.5 Å². The summed E-state index contributed by atoms with van der Waals surface area (Å²) >= 11 is 0. The molecule has 7 nitrogen and oxygen atoms in total. The number of likely N-dealkylation sites (tertiary alicyclic amines) is 1. The average molecular weight is 439 g/mol. The molecule has 1 N–H and O–H groups in total. The van der Waals surface area contributed by atoms with Crippen molar-refractivity contribution in [1.29, 1.82) is 0 Å². The normalized spacial score (nSPS) is 24.0. The standard InChI is InChI=1S/C25H36N6O/c1-19(2)29-16-10-22(11-17-29)31-15-5-14-30(18-20(31)3)24-7-4-6-23(28-24)25(32)27-21-8-12-26-13-9-21/h4,6-9,12-13,19-20,22H,5,10-11,14-18H2,1-3H3,(H,26,27,32)/i15D2. The first-order valence-corrected chi connectivity index (χ1v) is 11.7. The van der Waals surface area contributed by atoms with E-state index in [1.54, 1.807) is 30.6 Å². The number of carbonyl (C=O) groups is 1. The summed E-state index contributed by atoms with van der Waals surface area (Å²) in [7, 11) is 0. The first kappa shape index (κ1) is 20.1. The van der Waals surface area contributed by atoms with Crippen LogP contribution in [0.1, 0.15) is 53.3 Å². The lowest BCUT2D eigenvalue weighted by molar-refractivity contribution is 0.0737. The quantitative estimate of drug-likeness (QED) is 0.771. The van der Waals surface area contributed by atoms with Crippen LogP contribution in [0, 0.1) is 0 Å². The van der Waals surface area contributed by atoms with Crippen molar-refractivity contribution in [2.75, 3.05) is 42.9 Å². The predicted molar refractivity (Wildman–Crippen MR) is 129 cm³/mol. The number of piperidine rings is 1. The van der Waals surface area contributed by atoms with Crippen molar-refractivity contribution in [2.24, 2.45) is 0 Å². The molecule has 4 heterocycles. The number of anilines is 2. The molecule has 0 saturated carbocycles. The number of nitrogens with zero attached hydrogens (tertiary/aromatic N) is 5. The third-order valence-corrected chi connectivity index (χ3v) is 6.49. The van der Waals surface area contributed by atoms with Gasteiger partial charge in [-0.3, -0.25) is 14.7 Å². The summed E-state index contributed by atoms with van der Waals surface area (Å²) in [5.41, 5.74) is 1.01. The van der Waals surface area contributed by atoms with E-state index in [9.17, 15) is 4.79 Å². The molecule has 2 fully saturated rings. The molecule has 0 spiro atoms. The fourth-order valence-electron chi connectivity index (χ4n) is 4.70. The monoisotopic (exact) mass is 438 g/mol. The van der Waals surface area contributed by atoms with E-state index in [1.165, 1.54) is 0 Å². The van der Waals surface area contributed by atoms with Crippen LogP contribution in [0.4, 0.5) is 11.5 Å². The number of amides is 1. The van der Waals surface area contributed by atoms with Crippen molar-refractivity contribution in [3.05, 3.63) is 48.4 Å². The Labute approximate surface area is 194 Å². The van der Waals surface area contributed by atoms with Crippen molar-refractivity contribution in [1.82, 2.24) is 19.8 Å². The van der Waals surface area contributed by atoms with Crippen molar-refractivity contribution < 1.29 is 7.54 Å². The van der Waals surface area contributed by atoms with E-state index in [0.29, 0.717) is 42.8 Å². The minimum atomic E-state index is -1.38. The second kappa shape index (κ2) is 10.4. The van der Waals surface area contributed by atoms with Gasteiger partial charge in [-0.15, -0.1) is 0 Å². The number of carbonyl (C=O) groups excluding carboxylic acids is 1. The number of aromatic nitrogens is 2. The third-order valence-electron chi connectivity index (χ3n) is 6.49. The van der Waals surface area contributed by atoms with Crippen LogP contribution < -0.4 is 10.2 Å². The van der Waals surface area contributed by atoms with Gasteiger partial charge in [0.25, 0.3) is 5.91 Å². The minimum absolute atomic E-state index is 0.0317. The molecule has 2 aromatic heterocycles. The van der Waals surface area contributed by atoms with Gasteiger partial charge in [0.15, 0.2) is 0 Å². The van der Waals surface area contributed by atoms with Gasteiger partial charge in [-0.25, -0.2) is 4.98 Å². The highest BCUT2D eigenvalue weighted by molar-refractivity contribution is 6.03. The van der Waals surface area contributed by atoms with Crippen LogP contribution in [-0.2, 0) is 0 Å². The van der Waals surface area contributed by atoms with Gasteiger partial charge in [-0.2, -0.15) is 0 Å². The number of hydrogen-bond donors (Lipinski definition) is 1. The van der Waals surface area contributed by atoms with Crippen LogP contribution in [0.15, 0.2) is 42.7 Å². The maximum Gasteiger partial charge on any atom is 0.274 e. The minimum Gasteiger partial charge on any atom is -0.355 e. The summed E-state index contributed by atoms with van der Waals surface area (Å²) in [4.78, 5) is 28.1. The first-order chi connectivity index (χ1) is 16.2. The fourth-order valence-corrected chi connectivity index (χ4v) is 4.70. The average Bonchev–Trinajstić information content (AvgIpc) is 2.94. The number of hydrogen-bond acceptors (Lipinski definition) is 6. The summed E-state index contributed by atoms with van der Waals surface area (Å²) in [6.45, 7) is 8.45. The molecule has 32 heavy (non-hydrogen) atoms. The van der Waals surface area contributed by atoms with Gasteiger partial charge in [0.1, 0.15) is 11.5 Å². The molecule has 172 valence electrons. The molecule has 7 heteroatoms. The van der Waals surface area contributed by atoms with Gasteiger partial charge in [-0.05, 0) is 77.4 Å². The van der Waals surface area contributed by atoms with Crippen LogP contribution in [0.25, 0.3) is 0 Å². The van der Waals surface area contributed by atoms with Gasteiger partial charge in [0.2, 0.25) is 0 Å². The smallest absolute Gasteiger partial charge is 0.274 e. The molecule has 2 saturated heterocycles. The molecule has 2 aromatic rings. The predicted octanol–water partition coefficient (Wildman–Crippen LogP) is 3.50. The molecule has 0 aromatic carbocycles. The Morgan fingerprint density at radius 3 is 2.62 bits per heavy atom. The summed E-state index contributed by atoms with van der Waals surface area (Å²) < 4.78 is 17.8. The molecule has 0 aliphatic carbocycles. The fraction of sp³-hybridized carbons (Fsp3) is 0.560. The maximum absolute atomic E-state index is 12.7. The van der Waals surface area contributed by atoms with Crippen molar-refractivity contribution in [3.63, 3.8) is 0 Å². The lowest BCUT2D eigenvalue weighted by Crippen LogP contribution is -2.51. The van der Waals surface area contributed by atoms with E-state index in [-0.39, 0.29) is 18.0 Å². The lowest BCUT2D eigenvalue weighted by atomic mass is 10.00. The molecule has 0 radical (unpaired) electrons. The van der Waals surface area contributed by atoms with E-state index >= 15 is 0 Å². The Bertz CT molecular complexity index is 965. The zero-order valence-corrected chi connectivity index (χ0v) is 19.4. The summed E-state index contributed by atoms with van der Waals surface area (Å²) in [6, 6.07) is 9.73. The van der Waals surface area contributed by atoms with E-state index in [2.05, 4.69) is 50.8 Å². The van der Waals surface area contributed by atoms with Crippen molar-refractivity contribution in [2.45, 2.75) is 58.2 Å². The third kappa shape index (κ3) is 5.45. The number of pyridine rings is 2. The van der Waals surface area contributed by atoms with Crippen LogP contribution in [-0.4, -0.2) is 76.5 Å². The van der Waals surface area contributed by atoms with E-state index in [4.69, 9.17) is 2.74 Å². The topological polar surface area (TPSA) is 64.6 Å². The molecule has 1 atom stereocenters. The molecular weight excluding hydrogens is 400 g/mol. The van der Waals surface area contributed by atoms with E-state index < -0.39 is 6.50 Å². The van der Waals surface area contributed by atoms with E-state index in [1.807, 2.05) is 12.1 Å². The molecule has 2 aliphatic rings. The SMILES string of the molecule is [2H]C1([2H])CCN(c2cccc(C(=O)Nc3ccncc3)n2)CC(C)N1C1CCN(C(C)C)CC1. The highest BCUT2D eigenvalue weighted by atomic mass is 16.1. The second-order valence-electron chi connectivity index (χ2n) is 9.04. The van der Waals surface area contributed by atoms with Gasteiger partial charge in [0.05, 0.1) is 0 Å². The zero-order valence-electron chi connectivity index (χ0n) is 21.4. The Balaban J connectivity index is 1.47. The Morgan fingerprint density at radius 2 is 1.91 bits per heavy atom. The lowest BCUT2D eigenvalue weighted by Gasteiger charge is -2.42. The number of nitrogens with one attached hydrogen (secondary N) is 1. The van der Waals surface area contributed by atoms with Crippen LogP contribution in [0.5, 0.6) is 0 Å². The Hall–Kier alpha value is -2.51. The van der Waals surface area contributed by atoms with Gasteiger partial charge in [-0.1, -0.05) is 6.07 Å². The van der Waals surface area contributed by atoms with Crippen LogP contribution in [0.3, 0.4) is 0 Å². The van der Waals surface area contributed by atoms with Crippen LogP contribution >= 0.6 is 0 Å². The summed E-state index contributed by atoms with van der Waals surface area (Å²) in [5, 5.41) is 2.85. The van der Waals surface area contributed by atoms with E-state index in [0.717, 1.165) is 25.9 Å². The molecule has 1 unspecified atom stereocenters. The second-order valence-corrected chi connectivity index (χ2v) is 9.04. The van der Waals surface area contributed by atoms with Gasteiger partial charge >= 0.3 is 0 Å². The maximum atomic E-state index is 12.7. The summed E-state index contributed by atoms with van der Waals surface area (Å²) in [5.74, 6) is 0.436. The Kier molecular flexibility index (Phi) is 6.54. The van der Waals surface area contributed by atoms with Crippen molar-refractivity contribution >= 4 is 17.4 Å². The molecule has 0 bridgehead atoms. The summed E-state index contributed by atoms with van der Waals surface area (Å²) in [6.07, 6.45) is 5.64. The van der Waals surface area contributed by atoms with Gasteiger partial charge < -0.3 is 15.1 Å². The first-order valence-electron chi connectivity index (χ1n) is 12.7. The molecule has 2 aliphatic heterocycles. The zero-order chi connectivity index (χ0) is 24.3.